The number of ether oxygens (including phenoxy) is 4. The fourth-order valence-corrected chi connectivity index (χ4v) is 6.56. The van der Waals surface area contributed by atoms with E-state index >= 15 is 0 Å². The van der Waals surface area contributed by atoms with Crippen LogP contribution in [0.3, 0.4) is 0 Å². The van der Waals surface area contributed by atoms with Crippen molar-refractivity contribution in [3.8, 4) is 17.2 Å². The van der Waals surface area contributed by atoms with Gasteiger partial charge in [-0.25, -0.2) is 4.99 Å². The van der Waals surface area contributed by atoms with Crippen LogP contribution in [-0.2, 0) is 16.1 Å². The number of nitrogens with zero attached hydrogens (tertiary/aromatic N) is 2. The molecule has 40 heavy (non-hydrogen) atoms. The van der Waals surface area contributed by atoms with Gasteiger partial charge in [0.15, 0.2) is 4.80 Å². The van der Waals surface area contributed by atoms with Crippen LogP contribution in [0.25, 0.3) is 6.08 Å². The Morgan fingerprint density at radius 3 is 2.65 bits per heavy atom. The number of aryl methyl sites for hydroxylation is 1. The molecule has 0 saturated heterocycles. The molecule has 0 N–H and O–H groups in total. The van der Waals surface area contributed by atoms with Gasteiger partial charge in [-0.2, -0.15) is 0 Å². The molecule has 2 bridgehead atoms. The number of carbonyl (C=O) groups excluding carboxylic acids is 1. The van der Waals surface area contributed by atoms with Gasteiger partial charge in [0.1, 0.15) is 29.8 Å². The predicted octanol–water partition coefficient (Wildman–Crippen LogP) is 3.76. The number of esters is 1. The molecule has 8 nitrogen and oxygen atoms in total. The second-order valence-corrected chi connectivity index (χ2v) is 11.0. The first-order chi connectivity index (χ1) is 19.3. The quantitative estimate of drug-likeness (QED) is 0.336. The summed E-state index contributed by atoms with van der Waals surface area (Å²) < 4.78 is 25.1. The number of thiazole rings is 1. The molecule has 9 heteroatoms. The fourth-order valence-electron chi connectivity index (χ4n) is 5.46. The Hall–Kier alpha value is -4.37. The fraction of sp³-hybridized carbons (Fsp3) is 0.258. The number of hydrogen-bond donors (Lipinski definition) is 0. The van der Waals surface area contributed by atoms with E-state index in [9.17, 15) is 9.59 Å². The lowest BCUT2D eigenvalue weighted by Crippen LogP contribution is -2.58. The Morgan fingerprint density at radius 1 is 1.10 bits per heavy atom. The molecule has 6 rings (SSSR count). The molecule has 1 aromatic heterocycles. The molecule has 0 radical (unpaired) electrons. The van der Waals surface area contributed by atoms with Gasteiger partial charge in [-0.3, -0.25) is 14.2 Å². The van der Waals surface area contributed by atoms with Crippen LogP contribution < -0.4 is 29.1 Å². The number of benzene rings is 3. The van der Waals surface area contributed by atoms with Crippen molar-refractivity contribution in [2.24, 2.45) is 10.9 Å². The maximum Gasteiger partial charge on any atom is 0.317 e. The van der Waals surface area contributed by atoms with Crippen molar-refractivity contribution in [2.45, 2.75) is 32.2 Å². The lowest BCUT2D eigenvalue weighted by Gasteiger charge is -2.44. The molecular formula is C31H28N2O6S. The molecule has 4 aromatic rings. The second-order valence-electron chi connectivity index (χ2n) is 9.95. The molecule has 2 aliphatic heterocycles. The average molecular weight is 557 g/mol. The zero-order chi connectivity index (χ0) is 28.0. The molecule has 0 saturated carbocycles. The first-order valence-electron chi connectivity index (χ1n) is 12.9. The molecule has 0 spiro atoms. The van der Waals surface area contributed by atoms with Crippen LogP contribution in [0.1, 0.15) is 35.2 Å². The monoisotopic (exact) mass is 556 g/mol. The van der Waals surface area contributed by atoms with Crippen LogP contribution in [0.4, 0.5) is 0 Å². The van der Waals surface area contributed by atoms with E-state index in [1.165, 1.54) is 18.4 Å². The predicted molar refractivity (Wildman–Crippen MR) is 151 cm³/mol. The van der Waals surface area contributed by atoms with Crippen LogP contribution in [0, 0.1) is 12.8 Å². The van der Waals surface area contributed by atoms with E-state index in [2.05, 4.69) is 0 Å². The van der Waals surface area contributed by atoms with Gasteiger partial charge in [0, 0.05) is 11.1 Å². The average Bonchev–Trinajstić information content (AvgIpc) is 3.24. The summed E-state index contributed by atoms with van der Waals surface area (Å²) >= 11 is 1.27. The SMILES string of the molecule is COC(=O)[C@@H]1[C@@H]2c3ccccc3O[C@]1(C)N=c1s/c(=C/c3ccc(OC)c(COc4ccccc4C)c3)c(=O)n12. The van der Waals surface area contributed by atoms with Crippen molar-refractivity contribution >= 4 is 23.4 Å². The Balaban J connectivity index is 1.44. The van der Waals surface area contributed by atoms with Crippen LogP contribution in [0.5, 0.6) is 17.2 Å². The normalized spacial score (nSPS) is 20.9. The molecule has 0 fully saturated rings. The highest BCUT2D eigenvalue weighted by atomic mass is 32.1. The van der Waals surface area contributed by atoms with Gasteiger partial charge in [0.25, 0.3) is 5.56 Å². The Morgan fingerprint density at radius 2 is 1.88 bits per heavy atom. The Kier molecular flexibility index (Phi) is 6.46. The maximum atomic E-state index is 13.9. The minimum Gasteiger partial charge on any atom is -0.496 e. The van der Waals surface area contributed by atoms with Crippen molar-refractivity contribution in [1.29, 1.82) is 0 Å². The third-order valence-corrected chi connectivity index (χ3v) is 8.40. The lowest BCUT2D eigenvalue weighted by atomic mass is 9.81. The van der Waals surface area contributed by atoms with Gasteiger partial charge in [0.2, 0.25) is 5.72 Å². The van der Waals surface area contributed by atoms with E-state index < -0.39 is 23.7 Å². The molecule has 3 atom stereocenters. The van der Waals surface area contributed by atoms with Gasteiger partial charge >= 0.3 is 5.97 Å². The number of methoxy groups -OCH3 is 2. The summed E-state index contributed by atoms with van der Waals surface area (Å²) in [6.45, 7) is 4.07. The van der Waals surface area contributed by atoms with Gasteiger partial charge < -0.3 is 18.9 Å². The summed E-state index contributed by atoms with van der Waals surface area (Å²) in [4.78, 5) is 32.2. The number of carbonyl (C=O) groups is 1. The molecule has 0 unspecified atom stereocenters. The molecule has 3 aromatic carbocycles. The van der Waals surface area contributed by atoms with E-state index in [1.54, 1.807) is 18.6 Å². The first kappa shape index (κ1) is 25.9. The van der Waals surface area contributed by atoms with E-state index in [1.807, 2.05) is 79.7 Å². The van der Waals surface area contributed by atoms with Crippen LogP contribution in [0.2, 0.25) is 0 Å². The van der Waals surface area contributed by atoms with Crippen molar-refractivity contribution in [3.05, 3.63) is 109 Å². The van der Waals surface area contributed by atoms with Crippen molar-refractivity contribution in [3.63, 3.8) is 0 Å². The number of rotatable bonds is 6. The summed E-state index contributed by atoms with van der Waals surface area (Å²) in [5, 5.41) is 0. The molecule has 2 aliphatic rings. The Labute approximate surface area is 234 Å². The van der Waals surface area contributed by atoms with E-state index in [-0.39, 0.29) is 5.56 Å². The van der Waals surface area contributed by atoms with Crippen molar-refractivity contribution in [2.75, 3.05) is 14.2 Å². The summed E-state index contributed by atoms with van der Waals surface area (Å²) in [6.07, 6.45) is 1.83. The standard InChI is InChI=1S/C31H28N2O6S/c1-18-9-5-7-11-22(18)38-17-20-15-19(13-14-23(20)36-3)16-25-28(34)33-27-21-10-6-8-12-24(21)39-31(2,32-30(33)40-25)26(27)29(35)37-4/h5-16,26-27H,17H2,1-4H3/b25-16+/t26-,27-,31-/m0/s1. The third-order valence-electron chi connectivity index (χ3n) is 7.41. The van der Waals surface area contributed by atoms with E-state index in [0.29, 0.717) is 27.4 Å². The minimum atomic E-state index is -1.21. The zero-order valence-corrected chi connectivity index (χ0v) is 23.4. The molecule has 3 heterocycles. The van der Waals surface area contributed by atoms with Crippen molar-refractivity contribution < 1.29 is 23.7 Å². The molecular weight excluding hydrogens is 528 g/mol. The van der Waals surface area contributed by atoms with Crippen molar-refractivity contribution in [1.82, 2.24) is 4.57 Å². The summed E-state index contributed by atoms with van der Waals surface area (Å²) in [7, 11) is 2.95. The van der Waals surface area contributed by atoms with Crippen LogP contribution in [0.15, 0.2) is 76.5 Å². The summed E-state index contributed by atoms with van der Waals surface area (Å²) in [6, 6.07) is 20.4. The van der Waals surface area contributed by atoms with Crippen LogP contribution in [-0.4, -0.2) is 30.5 Å². The first-order valence-corrected chi connectivity index (χ1v) is 13.7. The van der Waals surface area contributed by atoms with Gasteiger partial charge in [-0.15, -0.1) is 0 Å². The molecule has 0 amide bonds. The highest BCUT2D eigenvalue weighted by Crippen LogP contribution is 2.47. The zero-order valence-electron chi connectivity index (χ0n) is 22.5. The van der Waals surface area contributed by atoms with Gasteiger partial charge in [-0.05, 0) is 55.3 Å². The van der Waals surface area contributed by atoms with Gasteiger partial charge in [-0.1, -0.05) is 53.8 Å². The maximum absolute atomic E-state index is 13.9. The molecule has 204 valence electrons. The largest absolute Gasteiger partial charge is 0.496 e. The van der Waals surface area contributed by atoms with Gasteiger partial charge in [0.05, 0.1) is 24.8 Å². The topological polar surface area (TPSA) is 88.4 Å². The third kappa shape index (κ3) is 4.26. The molecule has 0 aliphatic carbocycles. The number of hydrogen-bond acceptors (Lipinski definition) is 8. The van der Waals surface area contributed by atoms with Crippen LogP contribution >= 0.6 is 11.3 Å². The van der Waals surface area contributed by atoms with E-state index in [0.717, 1.165) is 28.0 Å². The highest BCUT2D eigenvalue weighted by Gasteiger charge is 2.55. The highest BCUT2D eigenvalue weighted by molar-refractivity contribution is 7.07. The minimum absolute atomic E-state index is 0.227. The van der Waals surface area contributed by atoms with E-state index in [4.69, 9.17) is 23.9 Å². The second kappa shape index (κ2) is 9.98. The number of aromatic nitrogens is 1. The number of para-hydroxylation sites is 2. The number of fused-ring (bicyclic) bond motifs is 6. The summed E-state index contributed by atoms with van der Waals surface area (Å²) in [5.74, 6) is 0.799. The Bertz CT molecular complexity index is 1810. The lowest BCUT2D eigenvalue weighted by molar-refractivity contribution is -0.158. The smallest absolute Gasteiger partial charge is 0.317 e. The summed E-state index contributed by atoms with van der Waals surface area (Å²) in [5.41, 5.74) is 2.02.